The summed E-state index contributed by atoms with van der Waals surface area (Å²) < 4.78 is 1.98. The number of imidazole rings is 1. The molecular formula is C29H30N4O4. The Morgan fingerprint density at radius 3 is 2.41 bits per heavy atom. The van der Waals surface area contributed by atoms with E-state index < -0.39 is 30.1 Å². The van der Waals surface area contributed by atoms with Gasteiger partial charge in [0.25, 0.3) is 11.8 Å². The zero-order chi connectivity index (χ0) is 25.9. The van der Waals surface area contributed by atoms with E-state index in [2.05, 4.69) is 10.3 Å². The normalized spacial score (nSPS) is 17.9. The Kier molecular flexibility index (Phi) is 7.03. The molecule has 0 saturated carbocycles. The van der Waals surface area contributed by atoms with Crippen molar-refractivity contribution in [3.05, 3.63) is 96.3 Å². The lowest BCUT2D eigenvalue weighted by Crippen LogP contribution is -2.50. The number of benzene rings is 3. The average molecular weight is 499 g/mol. The number of hydrogen-bond acceptors (Lipinski definition) is 5. The largest absolute Gasteiger partial charge is 0.380 e. The van der Waals surface area contributed by atoms with Crippen LogP contribution in [0.2, 0.25) is 0 Å². The lowest BCUT2D eigenvalue weighted by Gasteiger charge is -2.29. The maximum absolute atomic E-state index is 13.0. The number of likely N-dealkylation sites (tertiary alicyclic amines) is 1. The Balaban J connectivity index is 1.22. The number of carbonyl (C=O) groups is 2. The first-order chi connectivity index (χ1) is 17.9. The number of amides is 2. The van der Waals surface area contributed by atoms with Crippen LogP contribution >= 0.6 is 0 Å². The van der Waals surface area contributed by atoms with Gasteiger partial charge in [0.05, 0.1) is 23.1 Å². The molecule has 1 aliphatic heterocycles. The van der Waals surface area contributed by atoms with Crippen LogP contribution in [0.4, 0.5) is 0 Å². The highest BCUT2D eigenvalue weighted by atomic mass is 16.3. The third kappa shape index (κ3) is 4.98. The summed E-state index contributed by atoms with van der Waals surface area (Å²) in [5, 5.41) is 23.8. The summed E-state index contributed by atoms with van der Waals surface area (Å²) in [5.74, 6) is -1.44. The molecule has 1 saturated heterocycles. The van der Waals surface area contributed by atoms with Gasteiger partial charge in [0.15, 0.2) is 12.2 Å². The highest BCUT2D eigenvalue weighted by Gasteiger charge is 2.38. The van der Waals surface area contributed by atoms with Gasteiger partial charge < -0.3 is 20.4 Å². The minimum Gasteiger partial charge on any atom is -0.380 e. The summed E-state index contributed by atoms with van der Waals surface area (Å²) >= 11 is 0. The highest BCUT2D eigenvalue weighted by molar-refractivity contribution is 5.91. The number of nitrogens with zero attached hydrogens (tertiary/aromatic N) is 3. The van der Waals surface area contributed by atoms with Gasteiger partial charge in [-0.1, -0.05) is 54.6 Å². The molecule has 8 heteroatoms. The van der Waals surface area contributed by atoms with E-state index in [-0.39, 0.29) is 6.04 Å². The second-order valence-electron chi connectivity index (χ2n) is 9.42. The molecule has 0 spiro atoms. The van der Waals surface area contributed by atoms with Crippen molar-refractivity contribution in [2.24, 2.45) is 0 Å². The number of rotatable bonds is 7. The topological polar surface area (TPSA) is 108 Å². The van der Waals surface area contributed by atoms with E-state index in [1.165, 1.54) is 0 Å². The van der Waals surface area contributed by atoms with Crippen LogP contribution in [0.25, 0.3) is 16.7 Å². The van der Waals surface area contributed by atoms with Crippen molar-refractivity contribution >= 4 is 22.8 Å². The number of aliphatic hydroxyl groups is 2. The van der Waals surface area contributed by atoms with E-state index >= 15 is 0 Å². The number of carbonyl (C=O) groups excluding carboxylic acids is 2. The Labute approximate surface area is 215 Å². The maximum atomic E-state index is 13.0. The molecule has 1 aliphatic rings. The van der Waals surface area contributed by atoms with Crippen LogP contribution in [0, 0.1) is 0 Å². The van der Waals surface area contributed by atoms with Crippen LogP contribution < -0.4 is 5.32 Å². The van der Waals surface area contributed by atoms with Crippen molar-refractivity contribution in [1.29, 1.82) is 0 Å². The number of aliphatic hydroxyl groups excluding tert-OH is 2. The Morgan fingerprint density at radius 2 is 1.65 bits per heavy atom. The molecule has 5 rings (SSSR count). The molecule has 0 aliphatic carbocycles. The van der Waals surface area contributed by atoms with Crippen molar-refractivity contribution in [1.82, 2.24) is 19.8 Å². The van der Waals surface area contributed by atoms with Crippen LogP contribution in [0.15, 0.2) is 85.2 Å². The Bertz CT molecular complexity index is 1390. The van der Waals surface area contributed by atoms with Crippen LogP contribution in [0.3, 0.4) is 0 Å². The quantitative estimate of drug-likeness (QED) is 0.363. The van der Waals surface area contributed by atoms with Gasteiger partial charge in [-0.3, -0.25) is 14.2 Å². The van der Waals surface area contributed by atoms with E-state index in [1.54, 1.807) is 18.2 Å². The van der Waals surface area contributed by atoms with Crippen LogP contribution in [0.1, 0.15) is 43.0 Å². The number of aromatic nitrogens is 2. The summed E-state index contributed by atoms with van der Waals surface area (Å²) in [6.45, 7) is 2.26. The van der Waals surface area contributed by atoms with Crippen LogP contribution in [-0.2, 0) is 9.59 Å². The molecule has 37 heavy (non-hydrogen) atoms. The molecule has 8 nitrogen and oxygen atoms in total. The Morgan fingerprint density at radius 1 is 0.946 bits per heavy atom. The third-order valence-electron chi connectivity index (χ3n) is 7.02. The fourth-order valence-corrected chi connectivity index (χ4v) is 4.97. The lowest BCUT2D eigenvalue weighted by atomic mass is 10.0. The molecule has 1 fully saturated rings. The molecule has 2 heterocycles. The average Bonchev–Trinajstić information content (AvgIpc) is 3.60. The van der Waals surface area contributed by atoms with Crippen LogP contribution in [0.5, 0.6) is 0 Å². The molecule has 4 aromatic rings. The SMILES string of the molecule is C[C@@H](NC(=O)[C@H](O)[C@@H](O)C(=O)N1CCC[C@@H]1c1ccccc1)c1ccc(-n2cnc3ccccc32)cc1. The molecule has 2 amide bonds. The number of fused-ring (bicyclic) bond motifs is 1. The second kappa shape index (κ2) is 10.5. The molecule has 0 unspecified atom stereocenters. The zero-order valence-corrected chi connectivity index (χ0v) is 20.6. The van der Waals surface area contributed by atoms with Gasteiger partial charge in [0.2, 0.25) is 0 Å². The van der Waals surface area contributed by atoms with Crippen molar-refractivity contribution in [2.45, 2.75) is 44.1 Å². The van der Waals surface area contributed by atoms with Crippen molar-refractivity contribution < 1.29 is 19.8 Å². The summed E-state index contributed by atoms with van der Waals surface area (Å²) in [4.78, 5) is 31.7. The van der Waals surface area contributed by atoms with Gasteiger partial charge in [-0.15, -0.1) is 0 Å². The summed E-state index contributed by atoms with van der Waals surface area (Å²) in [6.07, 6.45) is -0.381. The predicted molar refractivity (Wildman–Crippen MR) is 140 cm³/mol. The molecule has 3 N–H and O–H groups in total. The summed E-state index contributed by atoms with van der Waals surface area (Å²) in [5.41, 5.74) is 4.61. The molecule has 0 radical (unpaired) electrons. The van der Waals surface area contributed by atoms with Crippen molar-refractivity contribution in [2.75, 3.05) is 6.54 Å². The number of hydrogen-bond donors (Lipinski definition) is 3. The standard InChI is InChI=1S/C29H30N4O4/c1-19(20-13-15-22(16-14-20)33-18-30-23-10-5-6-11-25(23)33)31-28(36)26(34)27(35)29(37)32-17-7-12-24(32)21-8-3-2-4-9-21/h2-6,8-11,13-16,18-19,24,26-27,34-35H,7,12,17H2,1H3,(H,31,36)/t19-,24-,26-,27-/m1/s1. The van der Waals surface area contributed by atoms with Gasteiger partial charge in [-0.05, 0) is 55.2 Å². The van der Waals surface area contributed by atoms with Gasteiger partial charge in [0.1, 0.15) is 6.33 Å². The molecule has 4 atom stereocenters. The third-order valence-corrected chi connectivity index (χ3v) is 7.02. The minimum absolute atomic E-state index is 0.177. The van der Waals surface area contributed by atoms with Crippen molar-refractivity contribution in [3.8, 4) is 5.69 Å². The number of nitrogens with one attached hydrogen (secondary N) is 1. The summed E-state index contributed by atoms with van der Waals surface area (Å²) in [7, 11) is 0. The van der Waals surface area contributed by atoms with Crippen LogP contribution in [-0.4, -0.2) is 55.2 Å². The van der Waals surface area contributed by atoms with Crippen molar-refractivity contribution in [3.63, 3.8) is 0 Å². The van der Waals surface area contributed by atoms with Gasteiger partial charge in [0, 0.05) is 12.2 Å². The molecule has 3 aromatic carbocycles. The van der Waals surface area contributed by atoms with E-state index in [1.807, 2.05) is 83.4 Å². The van der Waals surface area contributed by atoms with E-state index in [9.17, 15) is 19.8 Å². The molecule has 0 bridgehead atoms. The first kappa shape index (κ1) is 24.7. The van der Waals surface area contributed by atoms with Gasteiger partial charge >= 0.3 is 0 Å². The molecular weight excluding hydrogens is 468 g/mol. The van der Waals surface area contributed by atoms with E-state index in [0.29, 0.717) is 6.54 Å². The fourth-order valence-electron chi connectivity index (χ4n) is 4.97. The van der Waals surface area contributed by atoms with Gasteiger partial charge in [-0.25, -0.2) is 4.98 Å². The zero-order valence-electron chi connectivity index (χ0n) is 20.6. The summed E-state index contributed by atoms with van der Waals surface area (Å²) in [6, 6.07) is 24.5. The second-order valence-corrected chi connectivity index (χ2v) is 9.42. The van der Waals surface area contributed by atoms with Gasteiger partial charge in [-0.2, -0.15) is 0 Å². The smallest absolute Gasteiger partial charge is 0.255 e. The first-order valence-corrected chi connectivity index (χ1v) is 12.5. The first-order valence-electron chi connectivity index (χ1n) is 12.5. The van der Waals surface area contributed by atoms with E-state index in [4.69, 9.17) is 0 Å². The number of para-hydroxylation sites is 2. The minimum atomic E-state index is -1.87. The Hall–Kier alpha value is -4.01. The lowest BCUT2D eigenvalue weighted by molar-refractivity contribution is -0.154. The highest BCUT2D eigenvalue weighted by Crippen LogP contribution is 2.32. The predicted octanol–water partition coefficient (Wildman–Crippen LogP) is 3.29. The molecule has 190 valence electrons. The maximum Gasteiger partial charge on any atom is 0.255 e. The molecule has 1 aromatic heterocycles. The fraction of sp³-hybridized carbons (Fsp3) is 0.276. The van der Waals surface area contributed by atoms with E-state index in [0.717, 1.165) is 40.7 Å². The monoisotopic (exact) mass is 498 g/mol.